The number of carbonyl (C=O) groups excluding carboxylic acids is 1. The van der Waals surface area contributed by atoms with Gasteiger partial charge in [0.25, 0.3) is 0 Å². The van der Waals surface area contributed by atoms with Gasteiger partial charge in [-0.2, -0.15) is 0 Å². The molecular formula is C16H20F2N2O. The fraction of sp³-hybridized carbons (Fsp3) is 0.562. The van der Waals surface area contributed by atoms with Crippen molar-refractivity contribution < 1.29 is 13.6 Å². The van der Waals surface area contributed by atoms with Gasteiger partial charge in [0, 0.05) is 18.2 Å². The molecule has 2 unspecified atom stereocenters. The second kappa shape index (κ2) is 5.05. The van der Waals surface area contributed by atoms with Gasteiger partial charge >= 0.3 is 0 Å². The van der Waals surface area contributed by atoms with Gasteiger partial charge in [0.2, 0.25) is 5.91 Å². The van der Waals surface area contributed by atoms with E-state index in [0.717, 1.165) is 18.9 Å². The van der Waals surface area contributed by atoms with Crippen molar-refractivity contribution in [2.75, 3.05) is 6.54 Å². The predicted octanol–water partition coefficient (Wildman–Crippen LogP) is 2.97. The highest BCUT2D eigenvalue weighted by Gasteiger charge is 2.49. The van der Waals surface area contributed by atoms with Gasteiger partial charge < -0.3 is 4.90 Å². The van der Waals surface area contributed by atoms with Crippen molar-refractivity contribution in [1.29, 1.82) is 0 Å². The first-order valence-electron chi connectivity index (χ1n) is 7.48. The van der Waals surface area contributed by atoms with Gasteiger partial charge in [-0.3, -0.25) is 10.1 Å². The van der Waals surface area contributed by atoms with Crippen LogP contribution in [0.25, 0.3) is 0 Å². The first-order chi connectivity index (χ1) is 9.94. The summed E-state index contributed by atoms with van der Waals surface area (Å²) in [5.74, 6) is -0.694. The topological polar surface area (TPSA) is 32.3 Å². The molecule has 1 aliphatic heterocycles. The Morgan fingerprint density at radius 3 is 2.67 bits per heavy atom. The highest BCUT2D eigenvalue weighted by atomic mass is 19.1. The summed E-state index contributed by atoms with van der Waals surface area (Å²) in [5, 5.41) is 3.24. The Morgan fingerprint density at radius 1 is 1.38 bits per heavy atom. The zero-order chi connectivity index (χ0) is 15.2. The number of carbonyl (C=O) groups is 1. The third-order valence-corrected chi connectivity index (χ3v) is 4.62. The number of benzene rings is 1. The van der Waals surface area contributed by atoms with Crippen molar-refractivity contribution in [1.82, 2.24) is 10.2 Å². The molecule has 3 rings (SSSR count). The Hall–Kier alpha value is -1.49. The van der Waals surface area contributed by atoms with Crippen LogP contribution in [0.3, 0.4) is 0 Å². The number of nitrogens with zero attached hydrogens (tertiary/aromatic N) is 1. The van der Waals surface area contributed by atoms with Gasteiger partial charge in [-0.15, -0.1) is 0 Å². The number of nitrogens with one attached hydrogen (secondary N) is 1. The summed E-state index contributed by atoms with van der Waals surface area (Å²) in [7, 11) is 0. The predicted molar refractivity (Wildman–Crippen MR) is 75.4 cm³/mol. The third kappa shape index (κ3) is 2.55. The lowest BCUT2D eigenvalue weighted by atomic mass is 9.99. The number of rotatable bonds is 4. The molecule has 0 bridgehead atoms. The number of halogens is 2. The van der Waals surface area contributed by atoms with E-state index in [-0.39, 0.29) is 5.91 Å². The number of amides is 1. The van der Waals surface area contributed by atoms with Gasteiger partial charge in [-0.1, -0.05) is 6.92 Å². The summed E-state index contributed by atoms with van der Waals surface area (Å²) < 4.78 is 27.2. The van der Waals surface area contributed by atoms with E-state index in [1.807, 2.05) is 13.8 Å². The minimum Gasteiger partial charge on any atom is -0.321 e. The van der Waals surface area contributed by atoms with Crippen molar-refractivity contribution in [3.05, 3.63) is 35.4 Å². The molecule has 21 heavy (non-hydrogen) atoms. The molecule has 1 aliphatic carbocycles. The molecule has 1 N–H and O–H groups in total. The van der Waals surface area contributed by atoms with Gasteiger partial charge in [0.1, 0.15) is 17.8 Å². The van der Waals surface area contributed by atoms with Crippen molar-refractivity contribution in [2.45, 2.75) is 44.8 Å². The van der Waals surface area contributed by atoms with Gasteiger partial charge in [-0.05, 0) is 44.2 Å². The molecule has 1 amide bonds. The third-order valence-electron chi connectivity index (χ3n) is 4.62. The molecule has 1 saturated carbocycles. The fourth-order valence-corrected chi connectivity index (χ4v) is 2.86. The van der Waals surface area contributed by atoms with Gasteiger partial charge in [0.15, 0.2) is 0 Å². The average Bonchev–Trinajstić information content (AvgIpc) is 3.22. The summed E-state index contributed by atoms with van der Waals surface area (Å²) in [6.45, 7) is 4.42. The largest absolute Gasteiger partial charge is 0.321 e. The Morgan fingerprint density at radius 2 is 2.10 bits per heavy atom. The van der Waals surface area contributed by atoms with Crippen LogP contribution >= 0.6 is 0 Å². The summed E-state index contributed by atoms with van der Waals surface area (Å²) in [6.07, 6.45) is 2.35. The van der Waals surface area contributed by atoms with Crippen molar-refractivity contribution in [2.24, 2.45) is 5.92 Å². The molecule has 5 heteroatoms. The summed E-state index contributed by atoms with van der Waals surface area (Å²) in [5.41, 5.74) is -0.344. The van der Waals surface area contributed by atoms with E-state index in [0.29, 0.717) is 24.4 Å². The molecule has 1 aromatic rings. The minimum atomic E-state index is -0.680. The smallest absolute Gasteiger partial charge is 0.244 e. The molecule has 1 heterocycles. The van der Waals surface area contributed by atoms with Crippen molar-refractivity contribution in [3.8, 4) is 0 Å². The maximum absolute atomic E-state index is 14.1. The Balaban J connectivity index is 1.95. The maximum atomic E-state index is 14.1. The van der Waals surface area contributed by atoms with Gasteiger partial charge in [0.05, 0.1) is 5.54 Å². The van der Waals surface area contributed by atoms with Crippen LogP contribution in [-0.4, -0.2) is 22.9 Å². The number of hydrogen-bond donors (Lipinski definition) is 1. The Labute approximate surface area is 123 Å². The molecular weight excluding hydrogens is 274 g/mol. The van der Waals surface area contributed by atoms with E-state index in [1.165, 1.54) is 12.1 Å². The average molecular weight is 294 g/mol. The van der Waals surface area contributed by atoms with E-state index in [1.54, 1.807) is 4.90 Å². The van der Waals surface area contributed by atoms with Crippen LogP contribution in [0.4, 0.5) is 8.78 Å². The normalized spacial score (nSPS) is 29.2. The lowest BCUT2D eigenvalue weighted by Gasteiger charge is -2.24. The molecule has 0 spiro atoms. The van der Waals surface area contributed by atoms with E-state index in [2.05, 4.69) is 5.32 Å². The maximum Gasteiger partial charge on any atom is 0.244 e. The fourth-order valence-electron chi connectivity index (χ4n) is 2.86. The second-order valence-electron chi connectivity index (χ2n) is 6.30. The van der Waals surface area contributed by atoms with Crippen LogP contribution in [-0.2, 0) is 4.79 Å². The summed E-state index contributed by atoms with van der Waals surface area (Å²) in [6, 6.07) is 3.54. The van der Waals surface area contributed by atoms with Gasteiger partial charge in [-0.25, -0.2) is 8.78 Å². The summed E-state index contributed by atoms with van der Waals surface area (Å²) in [4.78, 5) is 14.4. The monoisotopic (exact) mass is 294 g/mol. The van der Waals surface area contributed by atoms with Crippen LogP contribution in [0.5, 0.6) is 0 Å². The zero-order valence-electron chi connectivity index (χ0n) is 12.3. The van der Waals surface area contributed by atoms with E-state index >= 15 is 0 Å². The van der Waals surface area contributed by atoms with Crippen LogP contribution in [0.2, 0.25) is 0 Å². The molecule has 114 valence electrons. The molecule has 0 radical (unpaired) electrons. The summed E-state index contributed by atoms with van der Waals surface area (Å²) >= 11 is 0. The Kier molecular flexibility index (Phi) is 3.48. The molecule has 2 fully saturated rings. The second-order valence-corrected chi connectivity index (χ2v) is 6.30. The Bertz CT molecular complexity index is 573. The highest BCUT2D eigenvalue weighted by Crippen LogP contribution is 2.38. The van der Waals surface area contributed by atoms with Crippen molar-refractivity contribution in [3.63, 3.8) is 0 Å². The van der Waals surface area contributed by atoms with Crippen LogP contribution in [0.1, 0.15) is 44.8 Å². The number of hydrogen-bond acceptors (Lipinski definition) is 2. The van der Waals surface area contributed by atoms with Crippen LogP contribution in [0.15, 0.2) is 18.2 Å². The van der Waals surface area contributed by atoms with E-state index in [4.69, 9.17) is 0 Å². The first-order valence-corrected chi connectivity index (χ1v) is 7.48. The molecule has 1 aromatic carbocycles. The standard InChI is InChI=1S/C16H20F2N2O/c1-3-16(2)15(21)20(9-10-4-5-10)14(19-16)12-7-6-11(17)8-13(12)18/h6-8,10,14,19H,3-5,9H2,1-2H3. The molecule has 2 aliphatic rings. The molecule has 2 atom stereocenters. The lowest BCUT2D eigenvalue weighted by Crippen LogP contribution is -2.43. The molecule has 1 saturated heterocycles. The van der Waals surface area contributed by atoms with E-state index < -0.39 is 23.3 Å². The molecule has 3 nitrogen and oxygen atoms in total. The SMILES string of the molecule is CCC1(C)NC(c2ccc(F)cc2F)N(CC2CC2)C1=O. The van der Waals surface area contributed by atoms with Crippen molar-refractivity contribution >= 4 is 5.91 Å². The first kappa shape index (κ1) is 14.4. The van der Waals surface area contributed by atoms with Crippen LogP contribution in [0, 0.1) is 17.6 Å². The lowest BCUT2D eigenvalue weighted by molar-refractivity contribution is -0.133. The van der Waals surface area contributed by atoms with E-state index in [9.17, 15) is 13.6 Å². The highest BCUT2D eigenvalue weighted by molar-refractivity contribution is 5.88. The quantitative estimate of drug-likeness (QED) is 0.926. The molecule has 0 aromatic heterocycles. The zero-order valence-corrected chi connectivity index (χ0v) is 12.3. The van der Waals surface area contributed by atoms with Crippen LogP contribution < -0.4 is 5.32 Å². The minimum absolute atomic E-state index is 0.00521.